The van der Waals surface area contributed by atoms with Crippen molar-refractivity contribution in [1.82, 2.24) is 9.55 Å². The molecule has 0 bridgehead atoms. The lowest BCUT2D eigenvalue weighted by Crippen LogP contribution is -2.33. The van der Waals surface area contributed by atoms with E-state index in [2.05, 4.69) is 21.9 Å². The third kappa shape index (κ3) is 2.15. The minimum Gasteiger partial charge on any atom is -0.354 e. The lowest BCUT2D eigenvalue weighted by Gasteiger charge is -2.13. The molecule has 0 spiro atoms. The highest BCUT2D eigenvalue weighted by atomic mass is 16.5. The molecule has 8 nitrogen and oxygen atoms in total. The smallest absolute Gasteiger partial charge is 0.330 e. The third-order valence-corrected chi connectivity index (χ3v) is 2.86. The molecular weight excluding hydrogens is 238 g/mol. The van der Waals surface area contributed by atoms with Crippen molar-refractivity contribution in [1.29, 1.82) is 0 Å². The minimum absolute atomic E-state index is 0.351. The third-order valence-electron chi connectivity index (χ3n) is 2.86. The van der Waals surface area contributed by atoms with Crippen molar-refractivity contribution < 1.29 is 4.74 Å². The van der Waals surface area contributed by atoms with E-state index < -0.39 is 29.6 Å². The highest BCUT2D eigenvalue weighted by Crippen LogP contribution is 2.29. The first-order valence-corrected chi connectivity index (χ1v) is 5.37. The first-order chi connectivity index (χ1) is 8.52. The van der Waals surface area contributed by atoms with Crippen molar-refractivity contribution in [3.05, 3.63) is 50.0 Å². The average Bonchev–Trinajstić information content (AvgIpc) is 2.66. The van der Waals surface area contributed by atoms with Crippen LogP contribution in [0.2, 0.25) is 0 Å². The first kappa shape index (κ1) is 12.4. The Balaban J connectivity index is 2.35. The predicted molar refractivity (Wildman–Crippen MR) is 62.9 cm³/mol. The second-order valence-electron chi connectivity index (χ2n) is 4.12. The molecule has 18 heavy (non-hydrogen) atoms. The molecule has 0 saturated carbocycles. The van der Waals surface area contributed by atoms with Gasteiger partial charge in [-0.2, -0.15) is 0 Å². The molecule has 1 aromatic rings. The van der Waals surface area contributed by atoms with E-state index in [0.29, 0.717) is 12.0 Å². The summed E-state index contributed by atoms with van der Waals surface area (Å²) in [5, 5.41) is 3.56. The molecule has 2 heterocycles. The van der Waals surface area contributed by atoms with Gasteiger partial charge in [0.1, 0.15) is 6.23 Å². The fraction of sp³-hybridized carbons (Fsp3) is 0.500. The van der Waals surface area contributed by atoms with Gasteiger partial charge in [0.2, 0.25) is 0 Å². The molecule has 8 heteroatoms. The van der Waals surface area contributed by atoms with Crippen LogP contribution in [0.25, 0.3) is 10.4 Å². The number of rotatable bonds is 2. The molecule has 1 N–H and O–H groups in total. The Bertz CT molecular complexity index is 613. The van der Waals surface area contributed by atoms with Crippen LogP contribution in [0.4, 0.5) is 0 Å². The molecular formula is C10H12N5O3. The largest absolute Gasteiger partial charge is 0.354 e. The molecule has 2 rings (SSSR count). The van der Waals surface area contributed by atoms with Crippen LogP contribution in [-0.2, 0) is 4.74 Å². The highest BCUT2D eigenvalue weighted by Gasteiger charge is 2.33. The minimum atomic E-state index is -0.578. The normalized spacial score (nSPS) is 26.9. The summed E-state index contributed by atoms with van der Waals surface area (Å²) in [5.41, 5.74) is 7.83. The number of ether oxygens (including phenoxy) is 1. The zero-order chi connectivity index (χ0) is 13.3. The Morgan fingerprint density at radius 2 is 2.39 bits per heavy atom. The van der Waals surface area contributed by atoms with Gasteiger partial charge < -0.3 is 4.74 Å². The van der Waals surface area contributed by atoms with Crippen LogP contribution in [0.3, 0.4) is 0 Å². The molecule has 1 aliphatic heterocycles. The van der Waals surface area contributed by atoms with Crippen molar-refractivity contribution in [2.24, 2.45) is 5.11 Å². The number of aromatic nitrogens is 2. The Morgan fingerprint density at radius 1 is 1.67 bits per heavy atom. The van der Waals surface area contributed by atoms with Crippen molar-refractivity contribution in [2.45, 2.75) is 31.7 Å². The van der Waals surface area contributed by atoms with Crippen LogP contribution in [-0.4, -0.2) is 21.7 Å². The Labute approximate surface area is 102 Å². The SMILES string of the molecule is [CH2][C@@H]1O[C@@H](n2cc(C)c(=O)[nH]c2=O)C[C@@H]1N=[N+]=[N-]. The lowest BCUT2D eigenvalue weighted by atomic mass is 10.1. The van der Waals surface area contributed by atoms with Crippen molar-refractivity contribution >= 4 is 0 Å². The summed E-state index contributed by atoms with van der Waals surface area (Å²) in [4.78, 5) is 27.8. The zero-order valence-electron chi connectivity index (χ0n) is 9.74. The van der Waals surface area contributed by atoms with E-state index in [4.69, 9.17) is 10.3 Å². The van der Waals surface area contributed by atoms with Crippen LogP contribution in [0, 0.1) is 13.8 Å². The number of nitrogens with one attached hydrogen (secondary N) is 1. The Hall–Kier alpha value is -2.05. The van der Waals surface area contributed by atoms with Crippen LogP contribution in [0.15, 0.2) is 20.9 Å². The van der Waals surface area contributed by atoms with E-state index in [-0.39, 0.29) is 0 Å². The Morgan fingerprint density at radius 3 is 3.06 bits per heavy atom. The van der Waals surface area contributed by atoms with Crippen LogP contribution in [0.5, 0.6) is 0 Å². The van der Waals surface area contributed by atoms with Gasteiger partial charge in [0, 0.05) is 23.1 Å². The number of H-pyrrole nitrogens is 1. The summed E-state index contributed by atoms with van der Waals surface area (Å²) in [6.07, 6.45) is 0.691. The maximum atomic E-state index is 11.7. The first-order valence-electron chi connectivity index (χ1n) is 5.37. The molecule has 0 unspecified atom stereocenters. The number of hydrogen-bond donors (Lipinski definition) is 1. The van der Waals surface area contributed by atoms with Crippen molar-refractivity contribution in [3.63, 3.8) is 0 Å². The fourth-order valence-electron chi connectivity index (χ4n) is 1.87. The number of aromatic amines is 1. The molecule has 1 aromatic heterocycles. The summed E-state index contributed by atoms with van der Waals surface area (Å²) >= 11 is 0. The van der Waals surface area contributed by atoms with E-state index in [1.807, 2.05) is 0 Å². The molecule has 1 radical (unpaired) electrons. The maximum Gasteiger partial charge on any atom is 0.330 e. The van der Waals surface area contributed by atoms with Gasteiger partial charge in [-0.15, -0.1) is 0 Å². The predicted octanol–water partition coefficient (Wildman–Crippen LogP) is 0.646. The quantitative estimate of drug-likeness (QED) is 0.472. The van der Waals surface area contributed by atoms with Gasteiger partial charge in [0.15, 0.2) is 0 Å². The molecule has 1 aliphatic rings. The van der Waals surface area contributed by atoms with Gasteiger partial charge in [-0.1, -0.05) is 5.11 Å². The second kappa shape index (κ2) is 4.67. The van der Waals surface area contributed by atoms with Crippen LogP contribution in [0.1, 0.15) is 18.2 Å². The van der Waals surface area contributed by atoms with Gasteiger partial charge in [0.05, 0.1) is 12.1 Å². The van der Waals surface area contributed by atoms with E-state index in [1.165, 1.54) is 10.8 Å². The van der Waals surface area contributed by atoms with E-state index in [1.54, 1.807) is 6.92 Å². The van der Waals surface area contributed by atoms with Crippen LogP contribution >= 0.6 is 0 Å². The van der Waals surface area contributed by atoms with Gasteiger partial charge in [-0.25, -0.2) is 4.79 Å². The summed E-state index contributed by atoms with van der Waals surface area (Å²) in [6, 6.07) is -0.417. The molecule has 1 fully saturated rings. The van der Waals surface area contributed by atoms with E-state index in [9.17, 15) is 9.59 Å². The zero-order valence-corrected chi connectivity index (χ0v) is 9.74. The Kier molecular flexibility index (Phi) is 3.22. The van der Waals surface area contributed by atoms with Crippen LogP contribution < -0.4 is 11.2 Å². The summed E-state index contributed by atoms with van der Waals surface area (Å²) in [5.74, 6) is 0. The standard InChI is InChI=1S/C10H12N5O3/c1-5-4-15(10(17)12-9(5)16)8-3-7(13-14-11)6(2)18-8/h4,6-8H,2-3H2,1H3,(H,12,16,17)/t6-,7-,8+/m0/s1. The summed E-state index contributed by atoms with van der Waals surface area (Å²) in [6.45, 7) is 5.30. The molecule has 95 valence electrons. The number of hydrogen-bond acceptors (Lipinski definition) is 4. The fourth-order valence-corrected chi connectivity index (χ4v) is 1.87. The number of aryl methyl sites for hydroxylation is 1. The second-order valence-corrected chi connectivity index (χ2v) is 4.12. The van der Waals surface area contributed by atoms with Gasteiger partial charge in [0.25, 0.3) is 5.56 Å². The topological polar surface area (TPSA) is 113 Å². The van der Waals surface area contributed by atoms with E-state index >= 15 is 0 Å². The average molecular weight is 250 g/mol. The molecule has 3 atom stereocenters. The number of azide groups is 1. The maximum absolute atomic E-state index is 11.7. The number of nitrogens with zero attached hydrogens (tertiary/aromatic N) is 4. The highest BCUT2D eigenvalue weighted by molar-refractivity contribution is 5.02. The summed E-state index contributed by atoms with van der Waals surface area (Å²) in [7, 11) is 0. The van der Waals surface area contributed by atoms with Gasteiger partial charge in [-0.3, -0.25) is 14.3 Å². The van der Waals surface area contributed by atoms with Gasteiger partial charge >= 0.3 is 5.69 Å². The monoisotopic (exact) mass is 250 g/mol. The molecule has 0 amide bonds. The summed E-state index contributed by atoms with van der Waals surface area (Å²) < 4.78 is 6.73. The van der Waals surface area contributed by atoms with Gasteiger partial charge in [-0.05, 0) is 19.4 Å². The molecule has 0 aromatic carbocycles. The van der Waals surface area contributed by atoms with Crippen molar-refractivity contribution in [2.75, 3.05) is 0 Å². The lowest BCUT2D eigenvalue weighted by molar-refractivity contribution is 0.0174. The molecule has 1 saturated heterocycles. The van der Waals surface area contributed by atoms with Crippen molar-refractivity contribution in [3.8, 4) is 0 Å². The van der Waals surface area contributed by atoms with E-state index in [0.717, 1.165) is 0 Å². The molecule has 0 aliphatic carbocycles.